The molecule has 1 aromatic rings. The number of anilines is 1. The molecule has 1 unspecified atom stereocenters. The van der Waals surface area contributed by atoms with E-state index in [1.807, 2.05) is 21.0 Å². The zero-order chi connectivity index (χ0) is 13.8. The molecule has 21 heavy (non-hydrogen) atoms. The summed E-state index contributed by atoms with van der Waals surface area (Å²) in [6, 6.07) is 6.26. The van der Waals surface area contributed by atoms with Crippen LogP contribution in [0.15, 0.2) is 18.2 Å². The maximum Gasteiger partial charge on any atom is 0.228 e. The summed E-state index contributed by atoms with van der Waals surface area (Å²) < 4.78 is 0. The highest BCUT2D eigenvalue weighted by atomic mass is 35.5. The van der Waals surface area contributed by atoms with Crippen LogP contribution in [-0.2, 0) is 11.3 Å². The lowest BCUT2D eigenvalue weighted by Crippen LogP contribution is -2.25. The Balaban J connectivity index is 0.00000200. The average Bonchev–Trinajstić information content (AvgIpc) is 2.86. The van der Waals surface area contributed by atoms with Crippen LogP contribution in [-0.4, -0.2) is 38.0 Å². The van der Waals surface area contributed by atoms with E-state index in [0.717, 1.165) is 37.3 Å². The van der Waals surface area contributed by atoms with Crippen molar-refractivity contribution >= 4 is 36.4 Å². The molecule has 1 saturated heterocycles. The first-order valence-corrected chi connectivity index (χ1v) is 6.82. The molecule has 0 radical (unpaired) electrons. The Morgan fingerprint density at radius 1 is 1.38 bits per heavy atom. The molecule has 4 nitrogen and oxygen atoms in total. The third-order valence-electron chi connectivity index (χ3n) is 3.49. The van der Waals surface area contributed by atoms with Crippen molar-refractivity contribution in [1.82, 2.24) is 10.2 Å². The lowest BCUT2D eigenvalue weighted by Gasteiger charge is -2.15. The molecule has 0 aromatic heterocycles. The van der Waals surface area contributed by atoms with Crippen LogP contribution in [0, 0.1) is 12.8 Å². The standard InChI is InChI=1S/C15H23N3O.2ClH/c1-11-4-5-12(10-18(2)3)8-14(11)17-15(19)13-6-7-16-9-13;;/h4-5,8,13,16H,6-7,9-10H2,1-3H3,(H,17,19);2*1H. The summed E-state index contributed by atoms with van der Waals surface area (Å²) in [6.07, 6.45) is 0.933. The van der Waals surface area contributed by atoms with Crippen molar-refractivity contribution in [3.05, 3.63) is 29.3 Å². The summed E-state index contributed by atoms with van der Waals surface area (Å²) in [5.74, 6) is 0.243. The van der Waals surface area contributed by atoms with Gasteiger partial charge in [0, 0.05) is 18.8 Å². The normalized spacial score (nSPS) is 17.0. The summed E-state index contributed by atoms with van der Waals surface area (Å²) in [6.45, 7) is 4.65. The fraction of sp³-hybridized carbons (Fsp3) is 0.533. The number of nitrogens with one attached hydrogen (secondary N) is 2. The number of aryl methyl sites for hydroxylation is 1. The number of benzene rings is 1. The molecular weight excluding hydrogens is 309 g/mol. The molecule has 0 bridgehead atoms. The topological polar surface area (TPSA) is 44.4 Å². The van der Waals surface area contributed by atoms with Crippen LogP contribution in [0.2, 0.25) is 0 Å². The zero-order valence-corrected chi connectivity index (χ0v) is 14.4. The number of amides is 1. The van der Waals surface area contributed by atoms with Crippen molar-refractivity contribution in [2.75, 3.05) is 32.5 Å². The van der Waals surface area contributed by atoms with Gasteiger partial charge in [0.15, 0.2) is 0 Å². The SMILES string of the molecule is Cc1ccc(CN(C)C)cc1NC(=O)C1CCNC1.Cl.Cl. The molecule has 2 N–H and O–H groups in total. The second-order valence-electron chi connectivity index (χ2n) is 5.57. The van der Waals surface area contributed by atoms with Gasteiger partial charge in [0.1, 0.15) is 0 Å². The largest absolute Gasteiger partial charge is 0.326 e. The number of halogens is 2. The van der Waals surface area contributed by atoms with Crippen molar-refractivity contribution in [2.24, 2.45) is 5.92 Å². The first-order valence-electron chi connectivity index (χ1n) is 6.82. The molecule has 1 fully saturated rings. The summed E-state index contributed by atoms with van der Waals surface area (Å²) in [4.78, 5) is 14.3. The minimum absolute atomic E-state index is 0. The molecule has 1 amide bonds. The maximum atomic E-state index is 12.1. The molecule has 1 aromatic carbocycles. The van der Waals surface area contributed by atoms with Crippen LogP contribution in [0.25, 0.3) is 0 Å². The van der Waals surface area contributed by atoms with Gasteiger partial charge in [-0.1, -0.05) is 12.1 Å². The van der Waals surface area contributed by atoms with Gasteiger partial charge in [-0.15, -0.1) is 24.8 Å². The first kappa shape index (κ1) is 20.2. The molecule has 0 spiro atoms. The van der Waals surface area contributed by atoms with Crippen molar-refractivity contribution in [1.29, 1.82) is 0 Å². The Morgan fingerprint density at radius 3 is 2.67 bits per heavy atom. The second-order valence-corrected chi connectivity index (χ2v) is 5.57. The lowest BCUT2D eigenvalue weighted by molar-refractivity contribution is -0.119. The van der Waals surface area contributed by atoms with Crippen molar-refractivity contribution in [2.45, 2.75) is 19.9 Å². The highest BCUT2D eigenvalue weighted by molar-refractivity contribution is 5.93. The molecule has 2 rings (SSSR count). The molecule has 0 saturated carbocycles. The minimum atomic E-state index is 0. The van der Waals surface area contributed by atoms with Crippen LogP contribution < -0.4 is 10.6 Å². The predicted molar refractivity (Wildman–Crippen MR) is 92.7 cm³/mol. The van der Waals surface area contributed by atoms with Gasteiger partial charge in [-0.3, -0.25) is 4.79 Å². The van der Waals surface area contributed by atoms with Crippen LogP contribution in [0.5, 0.6) is 0 Å². The predicted octanol–water partition coefficient (Wildman–Crippen LogP) is 2.45. The molecule has 120 valence electrons. The van der Waals surface area contributed by atoms with Gasteiger partial charge in [0.2, 0.25) is 5.91 Å². The average molecular weight is 334 g/mol. The van der Waals surface area contributed by atoms with E-state index >= 15 is 0 Å². The zero-order valence-electron chi connectivity index (χ0n) is 12.8. The summed E-state index contributed by atoms with van der Waals surface area (Å²) >= 11 is 0. The van der Waals surface area contributed by atoms with Crippen molar-refractivity contribution < 1.29 is 4.79 Å². The van der Waals surface area contributed by atoms with E-state index in [-0.39, 0.29) is 36.6 Å². The number of rotatable bonds is 4. The molecule has 1 heterocycles. The molecule has 1 aliphatic heterocycles. The van der Waals surface area contributed by atoms with E-state index < -0.39 is 0 Å². The van der Waals surface area contributed by atoms with Crippen LogP contribution in [0.4, 0.5) is 5.69 Å². The molecule has 0 aliphatic carbocycles. The Kier molecular flexibility index (Phi) is 8.90. The number of hydrogen-bond donors (Lipinski definition) is 2. The number of hydrogen-bond acceptors (Lipinski definition) is 3. The number of nitrogens with zero attached hydrogens (tertiary/aromatic N) is 1. The number of carbonyl (C=O) groups is 1. The van der Waals surface area contributed by atoms with Gasteiger partial charge in [0.25, 0.3) is 0 Å². The lowest BCUT2D eigenvalue weighted by atomic mass is 10.1. The van der Waals surface area contributed by atoms with E-state index in [9.17, 15) is 4.79 Å². The Bertz CT molecular complexity index is 460. The third kappa shape index (κ3) is 5.83. The maximum absolute atomic E-state index is 12.1. The van der Waals surface area contributed by atoms with Gasteiger partial charge in [-0.25, -0.2) is 0 Å². The molecule has 6 heteroatoms. The third-order valence-corrected chi connectivity index (χ3v) is 3.49. The van der Waals surface area contributed by atoms with E-state index in [1.165, 1.54) is 5.56 Å². The monoisotopic (exact) mass is 333 g/mol. The Labute approximate surface area is 139 Å². The molecular formula is C15H25Cl2N3O. The van der Waals surface area contributed by atoms with Crippen LogP contribution in [0.1, 0.15) is 17.5 Å². The Hall–Kier alpha value is -0.810. The van der Waals surface area contributed by atoms with E-state index in [0.29, 0.717) is 0 Å². The Morgan fingerprint density at radius 2 is 2.10 bits per heavy atom. The minimum Gasteiger partial charge on any atom is -0.326 e. The van der Waals surface area contributed by atoms with Crippen molar-refractivity contribution in [3.63, 3.8) is 0 Å². The summed E-state index contributed by atoms with van der Waals surface area (Å²) in [7, 11) is 4.09. The molecule has 1 aliphatic rings. The van der Waals surface area contributed by atoms with E-state index in [1.54, 1.807) is 0 Å². The van der Waals surface area contributed by atoms with Crippen molar-refractivity contribution in [3.8, 4) is 0 Å². The number of carbonyl (C=O) groups excluding carboxylic acids is 1. The van der Waals surface area contributed by atoms with Crippen LogP contribution in [0.3, 0.4) is 0 Å². The van der Waals surface area contributed by atoms with Gasteiger partial charge >= 0.3 is 0 Å². The van der Waals surface area contributed by atoms with Gasteiger partial charge in [0.05, 0.1) is 5.92 Å². The van der Waals surface area contributed by atoms with Gasteiger partial charge in [-0.05, 0) is 51.2 Å². The smallest absolute Gasteiger partial charge is 0.228 e. The first-order chi connectivity index (χ1) is 9.06. The van der Waals surface area contributed by atoms with Gasteiger partial charge in [-0.2, -0.15) is 0 Å². The second kappa shape index (κ2) is 9.26. The summed E-state index contributed by atoms with van der Waals surface area (Å²) in [5.41, 5.74) is 3.27. The fourth-order valence-electron chi connectivity index (χ4n) is 2.38. The van der Waals surface area contributed by atoms with E-state index in [2.05, 4.69) is 33.7 Å². The fourth-order valence-corrected chi connectivity index (χ4v) is 2.38. The van der Waals surface area contributed by atoms with Crippen LogP contribution >= 0.6 is 24.8 Å². The quantitative estimate of drug-likeness (QED) is 0.889. The summed E-state index contributed by atoms with van der Waals surface area (Å²) in [5, 5.41) is 6.29. The van der Waals surface area contributed by atoms with Gasteiger partial charge < -0.3 is 15.5 Å². The highest BCUT2D eigenvalue weighted by Gasteiger charge is 2.22. The highest BCUT2D eigenvalue weighted by Crippen LogP contribution is 2.19. The van der Waals surface area contributed by atoms with E-state index in [4.69, 9.17) is 0 Å². The molecule has 1 atom stereocenters.